The Kier molecular flexibility index (Phi) is 6.36. The first kappa shape index (κ1) is 21.5. The summed E-state index contributed by atoms with van der Waals surface area (Å²) in [6, 6.07) is 25.4. The zero-order valence-corrected chi connectivity index (χ0v) is 18.5. The van der Waals surface area contributed by atoms with Crippen molar-refractivity contribution in [3.8, 4) is 0 Å². The number of benzene rings is 3. The molecule has 1 atom stereocenters. The molecule has 1 heterocycles. The Hall–Kier alpha value is -2.74. The van der Waals surface area contributed by atoms with E-state index in [0.717, 1.165) is 10.5 Å². The molecule has 2 N–H and O–H groups in total. The molecule has 1 aliphatic heterocycles. The fourth-order valence-corrected chi connectivity index (χ4v) is 5.05. The maximum absolute atomic E-state index is 13.5. The van der Waals surface area contributed by atoms with Gasteiger partial charge in [0.25, 0.3) is 11.8 Å². The van der Waals surface area contributed by atoms with E-state index in [1.54, 1.807) is 60.3 Å². The summed E-state index contributed by atoms with van der Waals surface area (Å²) >= 11 is 3.08. The molecule has 1 fully saturated rings. The van der Waals surface area contributed by atoms with Gasteiger partial charge in [-0.15, -0.1) is 23.5 Å². The van der Waals surface area contributed by atoms with E-state index in [-0.39, 0.29) is 17.0 Å². The predicted molar refractivity (Wildman–Crippen MR) is 124 cm³/mol. The minimum absolute atomic E-state index is 0.208. The van der Waals surface area contributed by atoms with Gasteiger partial charge >= 0.3 is 0 Å². The van der Waals surface area contributed by atoms with Crippen LogP contribution in [0.4, 0.5) is 0 Å². The predicted octanol–water partition coefficient (Wildman–Crippen LogP) is 3.95. The van der Waals surface area contributed by atoms with Crippen LogP contribution in [-0.2, 0) is 15.2 Å². The number of hydrogen-bond donors (Lipinski definition) is 2. The molecule has 2 amide bonds. The largest absolute Gasteiger partial charge is 0.372 e. The van der Waals surface area contributed by atoms with E-state index in [1.807, 2.05) is 42.7 Å². The second-order valence-electron chi connectivity index (χ2n) is 7.08. The molecule has 3 aromatic rings. The summed E-state index contributed by atoms with van der Waals surface area (Å²) < 4.78 is 0. The Morgan fingerprint density at radius 2 is 1.55 bits per heavy atom. The van der Waals surface area contributed by atoms with Crippen LogP contribution in [0.5, 0.6) is 0 Å². The van der Waals surface area contributed by atoms with Gasteiger partial charge in [-0.25, -0.2) is 5.01 Å². The number of aliphatic hydroxyl groups is 1. The van der Waals surface area contributed by atoms with E-state index < -0.39 is 11.5 Å². The Morgan fingerprint density at radius 3 is 2.06 bits per heavy atom. The van der Waals surface area contributed by atoms with Crippen LogP contribution in [0.1, 0.15) is 22.1 Å². The van der Waals surface area contributed by atoms with Crippen LogP contribution >= 0.6 is 23.5 Å². The number of carbonyl (C=O) groups excluding carboxylic acids is 2. The van der Waals surface area contributed by atoms with Gasteiger partial charge < -0.3 is 5.11 Å². The highest BCUT2D eigenvalue weighted by Crippen LogP contribution is 2.39. The Labute approximate surface area is 189 Å². The van der Waals surface area contributed by atoms with Crippen molar-refractivity contribution in [3.63, 3.8) is 0 Å². The number of thioether (sulfide) groups is 2. The maximum atomic E-state index is 13.5. The number of nitrogens with zero attached hydrogens (tertiary/aromatic N) is 1. The standard InChI is InChI=1S/C24H22N2O3S2/c1-30-20-14-12-17(13-15-20)22-26(21(27)16-31-22)25-23(28)24(29,18-8-4-2-5-9-18)19-10-6-3-7-11-19/h2-15,22,29H,16H2,1H3,(H,25,28). The Morgan fingerprint density at radius 1 is 1.00 bits per heavy atom. The lowest BCUT2D eigenvalue weighted by Crippen LogP contribution is -2.53. The van der Waals surface area contributed by atoms with Crippen LogP contribution < -0.4 is 5.43 Å². The van der Waals surface area contributed by atoms with Crippen molar-refractivity contribution in [3.05, 3.63) is 102 Å². The third kappa shape index (κ3) is 4.21. The van der Waals surface area contributed by atoms with Gasteiger partial charge in [-0.05, 0) is 35.1 Å². The van der Waals surface area contributed by atoms with Gasteiger partial charge in [-0.3, -0.25) is 15.0 Å². The summed E-state index contributed by atoms with van der Waals surface area (Å²) in [6.45, 7) is 0. The zero-order valence-electron chi connectivity index (χ0n) is 16.9. The molecule has 0 aromatic heterocycles. The summed E-state index contributed by atoms with van der Waals surface area (Å²) in [5.74, 6) is -0.628. The van der Waals surface area contributed by atoms with Crippen molar-refractivity contribution >= 4 is 35.3 Å². The van der Waals surface area contributed by atoms with Crippen molar-refractivity contribution in [2.45, 2.75) is 15.9 Å². The van der Waals surface area contributed by atoms with Crippen LogP contribution in [0.2, 0.25) is 0 Å². The topological polar surface area (TPSA) is 69.6 Å². The van der Waals surface area contributed by atoms with Gasteiger partial charge in [0.05, 0.1) is 5.75 Å². The highest BCUT2D eigenvalue weighted by Gasteiger charge is 2.43. The number of rotatable bonds is 6. The van der Waals surface area contributed by atoms with E-state index in [9.17, 15) is 14.7 Å². The van der Waals surface area contributed by atoms with Crippen LogP contribution in [0, 0.1) is 0 Å². The second-order valence-corrected chi connectivity index (χ2v) is 9.03. The Balaban J connectivity index is 1.66. The van der Waals surface area contributed by atoms with Gasteiger partial charge in [0, 0.05) is 4.90 Å². The third-order valence-electron chi connectivity index (χ3n) is 5.20. The molecule has 0 radical (unpaired) electrons. The molecule has 1 saturated heterocycles. The minimum Gasteiger partial charge on any atom is -0.372 e. The molecule has 158 valence electrons. The summed E-state index contributed by atoms with van der Waals surface area (Å²) in [6.07, 6.45) is 2.00. The van der Waals surface area contributed by atoms with Gasteiger partial charge in [-0.1, -0.05) is 72.8 Å². The molecule has 0 spiro atoms. The molecule has 0 saturated carbocycles. The van der Waals surface area contributed by atoms with Gasteiger partial charge in [-0.2, -0.15) is 0 Å². The van der Waals surface area contributed by atoms with Crippen LogP contribution in [0.15, 0.2) is 89.8 Å². The quantitative estimate of drug-likeness (QED) is 0.557. The van der Waals surface area contributed by atoms with Crippen molar-refractivity contribution in [2.75, 3.05) is 12.0 Å². The van der Waals surface area contributed by atoms with E-state index in [1.165, 1.54) is 16.8 Å². The Bertz CT molecular complexity index is 1020. The first-order chi connectivity index (χ1) is 15.0. The molecule has 0 bridgehead atoms. The van der Waals surface area contributed by atoms with Gasteiger partial charge in [0.1, 0.15) is 5.37 Å². The number of hydrogen-bond acceptors (Lipinski definition) is 5. The lowest BCUT2D eigenvalue weighted by Gasteiger charge is -2.32. The number of hydrazine groups is 1. The normalized spacial score (nSPS) is 16.4. The van der Waals surface area contributed by atoms with E-state index in [2.05, 4.69) is 5.43 Å². The number of nitrogens with one attached hydrogen (secondary N) is 1. The first-order valence-corrected chi connectivity index (χ1v) is 12.0. The molecule has 3 aromatic carbocycles. The smallest absolute Gasteiger partial charge is 0.279 e. The summed E-state index contributed by atoms with van der Waals surface area (Å²) in [5, 5.41) is 12.6. The SMILES string of the molecule is CSc1ccc(C2SCC(=O)N2NC(=O)C(O)(c2ccccc2)c2ccccc2)cc1. The van der Waals surface area contributed by atoms with Crippen molar-refractivity contribution in [2.24, 2.45) is 0 Å². The minimum atomic E-state index is -1.94. The monoisotopic (exact) mass is 450 g/mol. The highest BCUT2D eigenvalue weighted by molar-refractivity contribution is 8.00. The van der Waals surface area contributed by atoms with Crippen LogP contribution in [0.3, 0.4) is 0 Å². The molecular formula is C24H22N2O3S2. The summed E-state index contributed by atoms with van der Waals surface area (Å²) in [5.41, 5.74) is 2.54. The molecule has 7 heteroatoms. The van der Waals surface area contributed by atoms with E-state index in [0.29, 0.717) is 11.1 Å². The first-order valence-electron chi connectivity index (χ1n) is 9.76. The molecule has 1 aliphatic rings. The van der Waals surface area contributed by atoms with E-state index in [4.69, 9.17) is 0 Å². The maximum Gasteiger partial charge on any atom is 0.279 e. The summed E-state index contributed by atoms with van der Waals surface area (Å²) in [4.78, 5) is 27.2. The van der Waals surface area contributed by atoms with E-state index >= 15 is 0 Å². The molecule has 4 rings (SSSR count). The lowest BCUT2D eigenvalue weighted by molar-refractivity contribution is -0.148. The average Bonchev–Trinajstić information content (AvgIpc) is 3.19. The third-order valence-corrected chi connectivity index (χ3v) is 7.16. The fourth-order valence-electron chi connectivity index (χ4n) is 3.54. The lowest BCUT2D eigenvalue weighted by atomic mass is 9.85. The highest BCUT2D eigenvalue weighted by atomic mass is 32.2. The second kappa shape index (κ2) is 9.18. The average molecular weight is 451 g/mol. The van der Waals surface area contributed by atoms with Crippen LogP contribution in [0.25, 0.3) is 0 Å². The fraction of sp³-hybridized carbons (Fsp3) is 0.167. The van der Waals surface area contributed by atoms with Crippen molar-refractivity contribution in [1.29, 1.82) is 0 Å². The van der Waals surface area contributed by atoms with Crippen molar-refractivity contribution < 1.29 is 14.7 Å². The molecule has 5 nitrogen and oxygen atoms in total. The van der Waals surface area contributed by atoms with Gasteiger partial charge in [0.2, 0.25) is 0 Å². The summed E-state index contributed by atoms with van der Waals surface area (Å²) in [7, 11) is 0. The molecule has 0 aliphatic carbocycles. The number of carbonyl (C=O) groups is 2. The van der Waals surface area contributed by atoms with Crippen LogP contribution in [-0.4, -0.2) is 33.9 Å². The van der Waals surface area contributed by atoms with Crippen molar-refractivity contribution in [1.82, 2.24) is 10.4 Å². The zero-order chi connectivity index (χ0) is 21.8. The molecule has 31 heavy (non-hydrogen) atoms. The molecular weight excluding hydrogens is 428 g/mol. The number of amides is 2. The molecule has 1 unspecified atom stereocenters. The van der Waals surface area contributed by atoms with Gasteiger partial charge in [0.15, 0.2) is 5.60 Å².